The van der Waals surface area contributed by atoms with Gasteiger partial charge < -0.3 is 32.4 Å². The number of anilines is 2. The molecule has 0 aliphatic rings. The first kappa shape index (κ1) is 32.8. The van der Waals surface area contributed by atoms with E-state index >= 15 is 0 Å². The predicted octanol–water partition coefficient (Wildman–Crippen LogP) is 5.95. The number of nitrogens with zero attached hydrogens (tertiary/aromatic N) is 1. The lowest BCUT2D eigenvalue weighted by Gasteiger charge is -2.11. The summed E-state index contributed by atoms with van der Waals surface area (Å²) in [7, 11) is 0. The third-order valence-electron chi connectivity index (χ3n) is 6.52. The zero-order chi connectivity index (χ0) is 26.8. The fraction of sp³-hybridized carbons (Fsp3) is 0.484. The number of halogens is 2. The minimum atomic E-state index is -0.475. The summed E-state index contributed by atoms with van der Waals surface area (Å²) in [5.41, 5.74) is 4.17. The second kappa shape index (κ2) is 19.6. The molecule has 39 heavy (non-hydrogen) atoms. The number of thiazole rings is 1. The van der Waals surface area contributed by atoms with Crippen LogP contribution in [0.25, 0.3) is 0 Å². The summed E-state index contributed by atoms with van der Waals surface area (Å²) in [6.45, 7) is 3.49. The van der Waals surface area contributed by atoms with Crippen molar-refractivity contribution in [3.63, 3.8) is 0 Å². The van der Waals surface area contributed by atoms with Crippen LogP contribution in [0, 0.1) is 5.82 Å². The van der Waals surface area contributed by atoms with Crippen LogP contribution in [-0.4, -0.2) is 12.6 Å². The van der Waals surface area contributed by atoms with Crippen molar-refractivity contribution in [1.82, 2.24) is 0 Å². The smallest absolute Gasteiger partial charge is 0.323 e. The number of carbonyl (C=O) groups excluding carboxylic acids is 1. The number of aromatic nitrogens is 1. The van der Waals surface area contributed by atoms with Crippen LogP contribution in [0.2, 0.25) is 0 Å². The first-order chi connectivity index (χ1) is 18.6. The highest BCUT2D eigenvalue weighted by Gasteiger charge is 2.09. The quantitative estimate of drug-likeness (QED) is 0.137. The molecule has 0 aliphatic carbocycles. The minimum absolute atomic E-state index is 0. The SMILES string of the molecule is CCCCCCCCCCCCCCOc1ccc(NC(=O)Nc2cccc(C[n+]3ccsc3)c2)cc1F.[Br-]. The van der Waals surface area contributed by atoms with Crippen molar-refractivity contribution in [1.29, 1.82) is 0 Å². The summed E-state index contributed by atoms with van der Waals surface area (Å²) in [5, 5.41) is 7.52. The lowest BCUT2D eigenvalue weighted by Crippen LogP contribution is -3.00. The molecule has 1 aromatic heterocycles. The molecule has 0 unspecified atom stereocenters. The average molecular weight is 621 g/mol. The van der Waals surface area contributed by atoms with E-state index in [-0.39, 0.29) is 22.7 Å². The van der Waals surface area contributed by atoms with Gasteiger partial charge in [0, 0.05) is 23.0 Å². The van der Waals surface area contributed by atoms with Gasteiger partial charge in [-0.2, -0.15) is 4.57 Å². The molecule has 8 heteroatoms. The molecule has 1 heterocycles. The van der Waals surface area contributed by atoms with Crippen LogP contribution < -0.4 is 36.9 Å². The minimum Gasteiger partial charge on any atom is -1.00 e. The summed E-state index contributed by atoms with van der Waals surface area (Å²) >= 11 is 1.63. The third kappa shape index (κ3) is 13.4. The number of rotatable bonds is 18. The average Bonchev–Trinajstić information content (AvgIpc) is 3.41. The highest BCUT2D eigenvalue weighted by Crippen LogP contribution is 2.22. The zero-order valence-electron chi connectivity index (χ0n) is 23.1. The first-order valence-electron chi connectivity index (χ1n) is 14.1. The topological polar surface area (TPSA) is 54.2 Å². The van der Waals surface area contributed by atoms with Crippen LogP contribution >= 0.6 is 11.3 Å². The number of hydrogen-bond acceptors (Lipinski definition) is 3. The number of urea groups is 1. The Morgan fingerprint density at radius 1 is 0.872 bits per heavy atom. The van der Waals surface area contributed by atoms with Crippen molar-refractivity contribution in [3.8, 4) is 5.75 Å². The molecule has 0 aliphatic heterocycles. The maximum atomic E-state index is 14.5. The van der Waals surface area contributed by atoms with Crippen LogP contribution in [-0.2, 0) is 6.54 Å². The van der Waals surface area contributed by atoms with Crippen molar-refractivity contribution < 1.29 is 35.5 Å². The zero-order valence-corrected chi connectivity index (χ0v) is 25.5. The van der Waals surface area contributed by atoms with Gasteiger partial charge >= 0.3 is 6.03 Å². The molecular formula is C31H43BrFN3O2S. The fourth-order valence-electron chi connectivity index (χ4n) is 4.42. The van der Waals surface area contributed by atoms with E-state index in [2.05, 4.69) is 22.1 Å². The van der Waals surface area contributed by atoms with Gasteiger partial charge in [0.1, 0.15) is 0 Å². The Kier molecular flexibility index (Phi) is 16.5. The molecule has 214 valence electrons. The molecule has 5 nitrogen and oxygen atoms in total. The Morgan fingerprint density at radius 3 is 2.13 bits per heavy atom. The maximum Gasteiger partial charge on any atom is 0.323 e. The molecule has 0 radical (unpaired) electrons. The standard InChI is InChI=1S/C31H42FN3O2S.BrH/c1-2-3-4-5-6-7-8-9-10-11-12-13-20-37-30-18-17-28(23-29(30)32)34-31(36)33-27-16-14-15-26(22-27)24-35-19-21-38-25-35;/h14-19,21-23,25H,2-13,20,24H2,1H3,(H-,33,34,36);1H. The largest absolute Gasteiger partial charge is 1.00 e. The third-order valence-corrected chi connectivity index (χ3v) is 7.19. The van der Waals surface area contributed by atoms with E-state index in [1.807, 2.05) is 41.4 Å². The molecular weight excluding hydrogens is 577 g/mol. The summed E-state index contributed by atoms with van der Waals surface area (Å²) < 4.78 is 22.2. The van der Waals surface area contributed by atoms with Gasteiger partial charge in [-0.1, -0.05) is 101 Å². The number of ether oxygens (including phenoxy) is 1. The van der Waals surface area contributed by atoms with Gasteiger partial charge in [-0.25, -0.2) is 9.18 Å². The summed E-state index contributed by atoms with van der Waals surface area (Å²) in [5.74, 6) is -0.255. The van der Waals surface area contributed by atoms with E-state index in [1.165, 1.54) is 70.3 Å². The Bertz CT molecular complexity index is 1080. The van der Waals surface area contributed by atoms with Crippen molar-refractivity contribution in [3.05, 3.63) is 70.9 Å². The van der Waals surface area contributed by atoms with E-state index in [1.54, 1.807) is 23.5 Å². The van der Waals surface area contributed by atoms with Crippen molar-refractivity contribution >= 4 is 28.7 Å². The normalized spacial score (nSPS) is 10.6. The van der Waals surface area contributed by atoms with Crippen molar-refractivity contribution in [2.45, 2.75) is 90.5 Å². The molecule has 0 bridgehead atoms. The Balaban J connectivity index is 0.00000533. The molecule has 0 saturated carbocycles. The van der Waals surface area contributed by atoms with Gasteiger partial charge in [-0.3, -0.25) is 0 Å². The molecule has 2 N–H and O–H groups in total. The van der Waals surface area contributed by atoms with Crippen molar-refractivity contribution in [2.75, 3.05) is 17.2 Å². The molecule has 3 rings (SSSR count). The van der Waals surface area contributed by atoms with Crippen LogP contribution in [0.4, 0.5) is 20.6 Å². The monoisotopic (exact) mass is 619 g/mol. The molecule has 0 fully saturated rings. The van der Waals surface area contributed by atoms with Gasteiger partial charge in [-0.05, 0) is 30.7 Å². The lowest BCUT2D eigenvalue weighted by atomic mass is 10.1. The van der Waals surface area contributed by atoms with E-state index in [9.17, 15) is 9.18 Å². The van der Waals surface area contributed by atoms with Crippen LogP contribution in [0.5, 0.6) is 5.75 Å². The molecule has 2 amide bonds. The van der Waals surface area contributed by atoms with Gasteiger partial charge in [0.15, 0.2) is 24.3 Å². The lowest BCUT2D eigenvalue weighted by molar-refractivity contribution is -0.683. The number of nitrogens with one attached hydrogen (secondary N) is 2. The van der Waals surface area contributed by atoms with E-state index in [0.717, 1.165) is 24.9 Å². The van der Waals surface area contributed by atoms with Crippen LogP contribution in [0.3, 0.4) is 0 Å². The van der Waals surface area contributed by atoms with E-state index in [4.69, 9.17) is 4.74 Å². The number of hydrogen-bond donors (Lipinski definition) is 2. The molecule has 2 aromatic carbocycles. The maximum absolute atomic E-state index is 14.5. The van der Waals surface area contributed by atoms with Gasteiger partial charge in [0.05, 0.1) is 12.0 Å². The molecule has 0 spiro atoms. The summed E-state index contributed by atoms with van der Waals surface area (Å²) in [6, 6.07) is 11.8. The van der Waals surface area contributed by atoms with E-state index < -0.39 is 11.8 Å². The fourth-order valence-corrected chi connectivity index (χ4v) is 5.02. The number of benzene rings is 2. The number of unbranched alkanes of at least 4 members (excludes halogenated alkanes) is 11. The Hall–Kier alpha value is -2.45. The van der Waals surface area contributed by atoms with E-state index in [0.29, 0.717) is 18.0 Å². The molecule has 3 aromatic rings. The highest BCUT2D eigenvalue weighted by molar-refractivity contribution is 7.07. The summed E-state index contributed by atoms with van der Waals surface area (Å²) in [6.07, 6.45) is 17.3. The predicted molar refractivity (Wildman–Crippen MR) is 156 cm³/mol. The Morgan fingerprint density at radius 2 is 1.51 bits per heavy atom. The van der Waals surface area contributed by atoms with Gasteiger partial charge in [-0.15, -0.1) is 0 Å². The first-order valence-corrected chi connectivity index (χ1v) is 15.1. The van der Waals surface area contributed by atoms with Crippen molar-refractivity contribution in [2.24, 2.45) is 0 Å². The molecule has 0 atom stereocenters. The van der Waals surface area contributed by atoms with Gasteiger partial charge in [0.25, 0.3) is 0 Å². The second-order valence-electron chi connectivity index (χ2n) is 9.86. The van der Waals surface area contributed by atoms with Crippen LogP contribution in [0.15, 0.2) is 59.6 Å². The Labute approximate surface area is 248 Å². The van der Waals surface area contributed by atoms with Gasteiger partial charge in [0.2, 0.25) is 5.51 Å². The number of carbonyl (C=O) groups is 1. The molecule has 0 saturated heterocycles. The summed E-state index contributed by atoms with van der Waals surface area (Å²) in [4.78, 5) is 12.4. The second-order valence-corrected chi connectivity index (χ2v) is 10.6. The van der Waals surface area contributed by atoms with Crippen LogP contribution in [0.1, 0.15) is 89.5 Å². The highest BCUT2D eigenvalue weighted by atomic mass is 79.9. The number of amides is 2.